The van der Waals surface area contributed by atoms with Gasteiger partial charge in [0.15, 0.2) is 11.6 Å². The van der Waals surface area contributed by atoms with Gasteiger partial charge in [-0.25, -0.2) is 0 Å². The molecule has 0 radical (unpaired) electrons. The Hall–Kier alpha value is -1.82. The van der Waals surface area contributed by atoms with Crippen LogP contribution < -0.4 is 10.5 Å². The molecule has 90 valence electrons. The van der Waals surface area contributed by atoms with Gasteiger partial charge in [-0.15, -0.1) is 0 Å². The molecular weight excluding hydrogens is 254 g/mol. The molecule has 0 saturated carbocycles. The zero-order valence-corrected chi connectivity index (χ0v) is 9.12. The molecule has 0 amide bonds. The van der Waals surface area contributed by atoms with Crippen molar-refractivity contribution in [3.05, 3.63) is 29.3 Å². The van der Waals surface area contributed by atoms with Gasteiger partial charge in [-0.2, -0.15) is 8.78 Å². The molecule has 2 aromatic rings. The van der Waals surface area contributed by atoms with Crippen LogP contribution in [0.2, 0.25) is 5.02 Å². The minimum absolute atomic E-state index is 0.0535. The summed E-state index contributed by atoms with van der Waals surface area (Å²) in [5.41, 5.74) is 5.96. The molecule has 0 fully saturated rings. The quantitative estimate of drug-likeness (QED) is 0.921. The Kier molecular flexibility index (Phi) is 3.14. The van der Waals surface area contributed by atoms with E-state index >= 15 is 0 Å². The van der Waals surface area contributed by atoms with Crippen LogP contribution in [0.3, 0.4) is 0 Å². The minimum Gasteiger partial charge on any atom is -0.433 e. The SMILES string of the molecule is Nc1cc(-c2ccc(OC(F)F)c(Cl)c2)on1. The molecule has 0 aliphatic heterocycles. The third kappa shape index (κ3) is 2.65. The Morgan fingerprint density at radius 3 is 2.65 bits per heavy atom. The van der Waals surface area contributed by atoms with E-state index in [1.165, 1.54) is 24.3 Å². The second-order valence-corrected chi connectivity index (χ2v) is 3.55. The van der Waals surface area contributed by atoms with E-state index in [1.807, 2.05) is 0 Å². The lowest BCUT2D eigenvalue weighted by Gasteiger charge is -2.06. The van der Waals surface area contributed by atoms with Crippen molar-refractivity contribution < 1.29 is 18.0 Å². The van der Waals surface area contributed by atoms with E-state index in [4.69, 9.17) is 21.9 Å². The predicted octanol–water partition coefficient (Wildman–Crippen LogP) is 3.18. The smallest absolute Gasteiger partial charge is 0.387 e. The molecule has 1 aromatic carbocycles. The number of halogens is 3. The van der Waals surface area contributed by atoms with E-state index in [9.17, 15) is 8.78 Å². The number of nitrogens with zero attached hydrogens (tertiary/aromatic N) is 1. The van der Waals surface area contributed by atoms with Crippen LogP contribution >= 0.6 is 11.6 Å². The summed E-state index contributed by atoms with van der Waals surface area (Å²) in [4.78, 5) is 0. The van der Waals surface area contributed by atoms with Gasteiger partial charge in [0.1, 0.15) is 5.75 Å². The Morgan fingerprint density at radius 1 is 1.35 bits per heavy atom. The Bertz CT molecular complexity index is 531. The minimum atomic E-state index is -2.92. The highest BCUT2D eigenvalue weighted by atomic mass is 35.5. The molecule has 0 atom stereocenters. The third-order valence-corrected chi connectivity index (χ3v) is 2.26. The van der Waals surface area contributed by atoms with E-state index in [0.29, 0.717) is 11.3 Å². The number of aromatic nitrogens is 1. The monoisotopic (exact) mass is 260 g/mol. The number of nitrogens with two attached hydrogens (primary N) is 1. The number of nitrogen functional groups attached to an aromatic ring is 1. The highest BCUT2D eigenvalue weighted by Gasteiger charge is 2.11. The van der Waals surface area contributed by atoms with Crippen molar-refractivity contribution in [2.24, 2.45) is 0 Å². The molecule has 4 nitrogen and oxygen atoms in total. The molecule has 0 saturated heterocycles. The van der Waals surface area contributed by atoms with Crippen molar-refractivity contribution in [3.8, 4) is 17.1 Å². The number of hydrogen-bond donors (Lipinski definition) is 1. The van der Waals surface area contributed by atoms with Crippen molar-refractivity contribution in [3.63, 3.8) is 0 Å². The van der Waals surface area contributed by atoms with Crippen LogP contribution in [0.1, 0.15) is 0 Å². The third-order valence-electron chi connectivity index (χ3n) is 1.96. The highest BCUT2D eigenvalue weighted by molar-refractivity contribution is 6.32. The molecule has 2 rings (SSSR count). The van der Waals surface area contributed by atoms with Gasteiger partial charge in [-0.05, 0) is 18.2 Å². The fourth-order valence-corrected chi connectivity index (χ4v) is 1.50. The van der Waals surface area contributed by atoms with Crippen LogP contribution in [0.15, 0.2) is 28.8 Å². The van der Waals surface area contributed by atoms with Crippen LogP contribution in [-0.4, -0.2) is 11.8 Å². The van der Waals surface area contributed by atoms with Crippen LogP contribution in [0.4, 0.5) is 14.6 Å². The second kappa shape index (κ2) is 4.58. The van der Waals surface area contributed by atoms with Gasteiger partial charge in [-0.1, -0.05) is 16.8 Å². The zero-order chi connectivity index (χ0) is 12.4. The largest absolute Gasteiger partial charge is 0.433 e. The molecule has 0 spiro atoms. The summed E-state index contributed by atoms with van der Waals surface area (Å²) in [5, 5.41) is 3.56. The summed E-state index contributed by atoms with van der Waals surface area (Å²) in [7, 11) is 0. The van der Waals surface area contributed by atoms with Crippen molar-refractivity contribution in [2.75, 3.05) is 5.73 Å². The van der Waals surface area contributed by atoms with Gasteiger partial charge in [0.2, 0.25) is 0 Å². The maximum atomic E-state index is 12.0. The maximum absolute atomic E-state index is 12.0. The molecule has 0 aliphatic rings. The number of hydrogen-bond acceptors (Lipinski definition) is 4. The van der Waals surface area contributed by atoms with Gasteiger partial charge in [0.25, 0.3) is 0 Å². The molecule has 0 bridgehead atoms. The van der Waals surface area contributed by atoms with Crippen molar-refractivity contribution in [2.45, 2.75) is 6.61 Å². The van der Waals surface area contributed by atoms with Gasteiger partial charge < -0.3 is 15.0 Å². The average Bonchev–Trinajstić information content (AvgIpc) is 2.67. The summed E-state index contributed by atoms with van der Waals surface area (Å²) in [6, 6.07) is 5.77. The summed E-state index contributed by atoms with van der Waals surface area (Å²) in [5.74, 6) is 0.523. The van der Waals surface area contributed by atoms with Crippen LogP contribution in [0, 0.1) is 0 Å². The summed E-state index contributed by atoms with van der Waals surface area (Å²) >= 11 is 5.78. The topological polar surface area (TPSA) is 61.3 Å². The lowest BCUT2D eigenvalue weighted by atomic mass is 10.1. The Balaban J connectivity index is 2.30. The van der Waals surface area contributed by atoms with E-state index in [2.05, 4.69) is 9.89 Å². The molecule has 1 aromatic heterocycles. The molecule has 1 heterocycles. The fourth-order valence-electron chi connectivity index (χ4n) is 1.27. The van der Waals surface area contributed by atoms with Crippen LogP contribution in [0.25, 0.3) is 11.3 Å². The lowest BCUT2D eigenvalue weighted by molar-refractivity contribution is -0.0497. The first-order chi connectivity index (χ1) is 8.06. The van der Waals surface area contributed by atoms with Gasteiger partial charge in [0, 0.05) is 11.6 Å². The molecule has 7 heteroatoms. The van der Waals surface area contributed by atoms with Gasteiger partial charge in [0.05, 0.1) is 5.02 Å². The van der Waals surface area contributed by atoms with E-state index in [0.717, 1.165) is 0 Å². The summed E-state index contributed by atoms with van der Waals surface area (Å²) < 4.78 is 33.1. The van der Waals surface area contributed by atoms with Crippen LogP contribution in [0.5, 0.6) is 5.75 Å². The first kappa shape index (κ1) is 11.7. The van der Waals surface area contributed by atoms with E-state index < -0.39 is 6.61 Å². The number of alkyl halides is 2. The van der Waals surface area contributed by atoms with Gasteiger partial charge in [-0.3, -0.25) is 0 Å². The first-order valence-corrected chi connectivity index (χ1v) is 4.91. The molecule has 2 N–H and O–H groups in total. The standard InChI is InChI=1S/C10H7ClF2N2O2/c11-6-3-5(8-4-9(14)15-17-8)1-2-7(6)16-10(12)13/h1-4,10H,(H2,14,15). The molecule has 17 heavy (non-hydrogen) atoms. The number of anilines is 1. The van der Waals surface area contributed by atoms with Crippen molar-refractivity contribution in [1.82, 2.24) is 5.16 Å². The van der Waals surface area contributed by atoms with E-state index in [-0.39, 0.29) is 16.6 Å². The number of benzene rings is 1. The number of rotatable bonds is 3. The number of ether oxygens (including phenoxy) is 1. The predicted molar refractivity (Wildman–Crippen MR) is 58.0 cm³/mol. The highest BCUT2D eigenvalue weighted by Crippen LogP contribution is 2.31. The summed E-state index contributed by atoms with van der Waals surface area (Å²) in [6.07, 6.45) is 0. The zero-order valence-electron chi connectivity index (χ0n) is 8.36. The average molecular weight is 261 g/mol. The Morgan fingerprint density at radius 2 is 2.12 bits per heavy atom. The second-order valence-electron chi connectivity index (χ2n) is 3.14. The van der Waals surface area contributed by atoms with Crippen molar-refractivity contribution >= 4 is 17.4 Å². The van der Waals surface area contributed by atoms with E-state index in [1.54, 1.807) is 0 Å². The normalized spacial score (nSPS) is 10.8. The summed E-state index contributed by atoms with van der Waals surface area (Å²) in [6.45, 7) is -2.92. The molecule has 0 unspecified atom stereocenters. The first-order valence-electron chi connectivity index (χ1n) is 4.53. The van der Waals surface area contributed by atoms with Crippen LogP contribution in [-0.2, 0) is 0 Å². The Labute approximate surface area is 99.9 Å². The lowest BCUT2D eigenvalue weighted by Crippen LogP contribution is -2.02. The van der Waals surface area contributed by atoms with Crippen molar-refractivity contribution in [1.29, 1.82) is 0 Å². The maximum Gasteiger partial charge on any atom is 0.387 e. The molecular formula is C10H7ClF2N2O2. The fraction of sp³-hybridized carbons (Fsp3) is 0.100. The molecule has 0 aliphatic carbocycles. The van der Waals surface area contributed by atoms with Gasteiger partial charge >= 0.3 is 6.61 Å².